The summed E-state index contributed by atoms with van der Waals surface area (Å²) in [6, 6.07) is 9.85. The molecule has 2 aromatic rings. The van der Waals surface area contributed by atoms with Crippen molar-refractivity contribution in [1.82, 2.24) is 9.80 Å². The molecule has 0 bridgehead atoms. The smallest absolute Gasteiger partial charge is 0.416 e. The summed E-state index contributed by atoms with van der Waals surface area (Å²) in [5.74, 6) is 0.761. The lowest BCUT2D eigenvalue weighted by Crippen LogP contribution is -2.47. The van der Waals surface area contributed by atoms with Gasteiger partial charge in [-0.05, 0) is 63.2 Å². The number of β-amino-alcohol motifs (C(OH)–C–C–N with tert-alkyl or cyclic N) is 1. The van der Waals surface area contributed by atoms with Gasteiger partial charge in [0.05, 0.1) is 29.6 Å². The Morgan fingerprint density at radius 3 is 2.26 bits per heavy atom. The van der Waals surface area contributed by atoms with Crippen LogP contribution < -0.4 is 9.64 Å². The van der Waals surface area contributed by atoms with E-state index in [0.717, 1.165) is 66.4 Å². The Balaban J connectivity index is 1.52. The van der Waals surface area contributed by atoms with Crippen LogP contribution in [0.3, 0.4) is 0 Å². The summed E-state index contributed by atoms with van der Waals surface area (Å²) in [6.07, 6.45) is -3.50. The number of ether oxygens (including phenoxy) is 1. The van der Waals surface area contributed by atoms with Crippen molar-refractivity contribution >= 4 is 23.1 Å². The number of fused-ring (bicyclic) bond motifs is 2. The standard InChI is InChI=1S/C25H32F3N3O2S/c1-18(2)33-20-5-6-21-24(17-20)34-23-7-4-19(25(26,27)28)16-22(23)31(21)9-3-8-29-10-12-30(13-11-29)14-15-32/h4-7,16-18,32H,3,8-15H2,1-2H3. The van der Waals surface area contributed by atoms with Crippen molar-refractivity contribution in [2.45, 2.75) is 42.3 Å². The number of alkyl halides is 3. The van der Waals surface area contributed by atoms with E-state index in [2.05, 4.69) is 9.80 Å². The molecule has 0 radical (unpaired) electrons. The van der Waals surface area contributed by atoms with Crippen molar-refractivity contribution < 1.29 is 23.0 Å². The molecule has 0 atom stereocenters. The molecular weight excluding hydrogens is 463 g/mol. The SMILES string of the molecule is CC(C)Oc1ccc2c(c1)Sc1ccc(C(F)(F)F)cc1N2CCCN1CCN(CCO)CC1. The first kappa shape index (κ1) is 25.2. The Labute approximate surface area is 203 Å². The molecule has 0 amide bonds. The largest absolute Gasteiger partial charge is 0.491 e. The highest BCUT2D eigenvalue weighted by atomic mass is 32.2. The number of benzene rings is 2. The predicted molar refractivity (Wildman–Crippen MR) is 129 cm³/mol. The molecule has 2 aromatic carbocycles. The quantitative estimate of drug-likeness (QED) is 0.550. The van der Waals surface area contributed by atoms with Crippen molar-refractivity contribution in [2.75, 3.05) is 57.3 Å². The van der Waals surface area contributed by atoms with Gasteiger partial charge in [0.15, 0.2) is 0 Å². The van der Waals surface area contributed by atoms with E-state index in [9.17, 15) is 13.2 Å². The van der Waals surface area contributed by atoms with Gasteiger partial charge in [-0.3, -0.25) is 4.90 Å². The molecule has 2 heterocycles. The molecule has 4 rings (SSSR count). The molecule has 2 aliphatic rings. The van der Waals surface area contributed by atoms with Crippen LogP contribution in [0.2, 0.25) is 0 Å². The Hall–Kier alpha value is -1.94. The third-order valence-corrected chi connectivity index (χ3v) is 7.24. The molecule has 9 heteroatoms. The zero-order valence-corrected chi connectivity index (χ0v) is 20.5. The summed E-state index contributed by atoms with van der Waals surface area (Å²) >= 11 is 1.49. The molecule has 0 saturated carbocycles. The second kappa shape index (κ2) is 10.8. The maximum Gasteiger partial charge on any atom is 0.416 e. The fourth-order valence-electron chi connectivity index (χ4n) is 4.46. The van der Waals surface area contributed by atoms with Crippen molar-refractivity contribution in [1.29, 1.82) is 0 Å². The lowest BCUT2D eigenvalue weighted by molar-refractivity contribution is -0.137. The Morgan fingerprint density at radius 2 is 1.62 bits per heavy atom. The van der Waals surface area contributed by atoms with E-state index in [1.807, 2.05) is 36.9 Å². The molecule has 34 heavy (non-hydrogen) atoms. The molecule has 1 N–H and O–H groups in total. The van der Waals surface area contributed by atoms with Crippen LogP contribution in [0.4, 0.5) is 24.5 Å². The molecule has 2 aliphatic heterocycles. The Bertz CT molecular complexity index is 978. The summed E-state index contributed by atoms with van der Waals surface area (Å²) in [5.41, 5.74) is 0.901. The molecule has 1 saturated heterocycles. The molecule has 0 aliphatic carbocycles. The minimum Gasteiger partial charge on any atom is -0.491 e. The van der Waals surface area contributed by atoms with Crippen molar-refractivity contribution in [3.63, 3.8) is 0 Å². The number of halogens is 3. The second-order valence-electron chi connectivity index (χ2n) is 8.99. The normalized spacial score (nSPS) is 17.1. The molecule has 0 unspecified atom stereocenters. The van der Waals surface area contributed by atoms with Crippen LogP contribution in [0.15, 0.2) is 46.2 Å². The van der Waals surface area contributed by atoms with Crippen LogP contribution in [0, 0.1) is 0 Å². The fraction of sp³-hybridized carbons (Fsp3) is 0.520. The molecule has 0 aromatic heterocycles. The number of nitrogens with zero attached hydrogens (tertiary/aromatic N) is 3. The lowest BCUT2D eigenvalue weighted by atomic mass is 10.1. The molecule has 5 nitrogen and oxygen atoms in total. The number of hydrogen-bond acceptors (Lipinski definition) is 6. The number of anilines is 2. The van der Waals surface area contributed by atoms with Crippen LogP contribution in [0.1, 0.15) is 25.8 Å². The minimum absolute atomic E-state index is 0.0437. The molecule has 186 valence electrons. The van der Waals surface area contributed by atoms with Crippen LogP contribution in [0.5, 0.6) is 5.75 Å². The average molecular weight is 496 g/mol. The first-order chi connectivity index (χ1) is 16.2. The predicted octanol–water partition coefficient (Wildman–Crippen LogP) is 5.10. The van der Waals surface area contributed by atoms with E-state index in [0.29, 0.717) is 18.8 Å². The van der Waals surface area contributed by atoms with Crippen LogP contribution in [-0.2, 0) is 6.18 Å². The summed E-state index contributed by atoms with van der Waals surface area (Å²) in [7, 11) is 0. The van der Waals surface area contributed by atoms with Gasteiger partial charge in [-0.2, -0.15) is 13.2 Å². The molecular formula is C25H32F3N3O2S. The van der Waals surface area contributed by atoms with Gasteiger partial charge in [-0.25, -0.2) is 0 Å². The van der Waals surface area contributed by atoms with E-state index in [1.54, 1.807) is 6.07 Å². The van der Waals surface area contributed by atoms with Crippen molar-refractivity contribution in [3.8, 4) is 5.75 Å². The van der Waals surface area contributed by atoms with E-state index in [-0.39, 0.29) is 12.7 Å². The van der Waals surface area contributed by atoms with Gasteiger partial charge in [0.1, 0.15) is 5.75 Å². The fourth-order valence-corrected chi connectivity index (χ4v) is 5.56. The first-order valence-corrected chi connectivity index (χ1v) is 12.6. The maximum atomic E-state index is 13.5. The third kappa shape index (κ3) is 6.00. The van der Waals surface area contributed by atoms with Gasteiger partial charge in [0.2, 0.25) is 0 Å². The van der Waals surface area contributed by atoms with Crippen LogP contribution >= 0.6 is 11.8 Å². The van der Waals surface area contributed by atoms with E-state index >= 15 is 0 Å². The second-order valence-corrected chi connectivity index (χ2v) is 10.1. The van der Waals surface area contributed by atoms with Gasteiger partial charge in [-0.15, -0.1) is 0 Å². The van der Waals surface area contributed by atoms with Gasteiger partial charge in [0.25, 0.3) is 0 Å². The zero-order chi connectivity index (χ0) is 24.3. The highest BCUT2D eigenvalue weighted by Gasteiger charge is 2.33. The van der Waals surface area contributed by atoms with Crippen molar-refractivity contribution in [2.24, 2.45) is 0 Å². The van der Waals surface area contributed by atoms with Crippen LogP contribution in [-0.4, -0.2) is 73.4 Å². The first-order valence-electron chi connectivity index (χ1n) is 11.8. The summed E-state index contributed by atoms with van der Waals surface area (Å²) in [6.45, 7) is 10.1. The number of rotatable bonds is 8. The number of piperazine rings is 1. The Morgan fingerprint density at radius 1 is 0.912 bits per heavy atom. The summed E-state index contributed by atoms with van der Waals surface area (Å²) in [5, 5.41) is 9.12. The van der Waals surface area contributed by atoms with Gasteiger partial charge in [-0.1, -0.05) is 11.8 Å². The number of hydrogen-bond donors (Lipinski definition) is 1. The monoisotopic (exact) mass is 495 g/mol. The average Bonchev–Trinajstić information content (AvgIpc) is 2.78. The third-order valence-electron chi connectivity index (χ3n) is 6.13. The van der Waals surface area contributed by atoms with Gasteiger partial charge < -0.3 is 19.6 Å². The van der Waals surface area contributed by atoms with Crippen molar-refractivity contribution in [3.05, 3.63) is 42.0 Å². The lowest BCUT2D eigenvalue weighted by Gasteiger charge is -2.36. The highest BCUT2D eigenvalue weighted by molar-refractivity contribution is 7.99. The number of aliphatic hydroxyl groups excluding tert-OH is 1. The Kier molecular flexibility index (Phi) is 7.97. The summed E-state index contributed by atoms with van der Waals surface area (Å²) in [4.78, 5) is 8.47. The molecule has 1 fully saturated rings. The van der Waals surface area contributed by atoms with Crippen LogP contribution in [0.25, 0.3) is 0 Å². The number of aliphatic hydroxyl groups is 1. The minimum atomic E-state index is -4.38. The van der Waals surface area contributed by atoms with E-state index in [4.69, 9.17) is 9.84 Å². The topological polar surface area (TPSA) is 39.2 Å². The van der Waals surface area contributed by atoms with E-state index < -0.39 is 11.7 Å². The summed E-state index contributed by atoms with van der Waals surface area (Å²) < 4.78 is 46.3. The van der Waals surface area contributed by atoms with E-state index in [1.165, 1.54) is 17.8 Å². The molecule has 0 spiro atoms. The zero-order valence-electron chi connectivity index (χ0n) is 19.6. The van der Waals surface area contributed by atoms with Gasteiger partial charge in [0, 0.05) is 49.1 Å². The van der Waals surface area contributed by atoms with Gasteiger partial charge >= 0.3 is 6.18 Å². The maximum absolute atomic E-state index is 13.5. The highest BCUT2D eigenvalue weighted by Crippen LogP contribution is 2.50.